The second kappa shape index (κ2) is 9.73. The van der Waals surface area contributed by atoms with Crippen molar-refractivity contribution in [2.75, 3.05) is 39.0 Å². The standard InChI is InChI=1S/C23H29F3N6O2/c1-31(2)22(34)14-3-6-17(7-4-14)32-11-16(12-32)30-20(33)10-27-21-18-9-15(23(24,25)26)5-8-19(18)28-13-29-21/h5,8-9,13-14,16-17H,3-4,6-7,10-12H2,1-2H3,(H,30,33)(H,27,28,29)/t14-,17+. The Morgan fingerprint density at radius 1 is 1.12 bits per heavy atom. The zero-order valence-corrected chi connectivity index (χ0v) is 19.2. The molecule has 2 heterocycles. The summed E-state index contributed by atoms with van der Waals surface area (Å²) in [6.07, 6.45) is 0.515. The average molecular weight is 479 g/mol. The Morgan fingerprint density at radius 3 is 2.47 bits per heavy atom. The molecule has 2 amide bonds. The summed E-state index contributed by atoms with van der Waals surface area (Å²) in [7, 11) is 3.58. The van der Waals surface area contributed by atoms with E-state index in [1.807, 2.05) is 0 Å². The molecule has 0 radical (unpaired) electrons. The van der Waals surface area contributed by atoms with Crippen LogP contribution in [0.2, 0.25) is 0 Å². The maximum Gasteiger partial charge on any atom is 0.416 e. The molecule has 0 bridgehead atoms. The van der Waals surface area contributed by atoms with Crippen LogP contribution >= 0.6 is 0 Å². The van der Waals surface area contributed by atoms with Gasteiger partial charge in [0.2, 0.25) is 11.8 Å². The Bertz CT molecular complexity index is 1050. The number of carbonyl (C=O) groups excluding carboxylic acids is 2. The van der Waals surface area contributed by atoms with Gasteiger partial charge in [-0.1, -0.05) is 0 Å². The fraction of sp³-hybridized carbons (Fsp3) is 0.565. The van der Waals surface area contributed by atoms with E-state index in [1.165, 1.54) is 12.4 Å². The Balaban J connectivity index is 1.24. The van der Waals surface area contributed by atoms with E-state index >= 15 is 0 Å². The third-order valence-electron chi connectivity index (χ3n) is 6.66. The molecule has 1 aliphatic carbocycles. The summed E-state index contributed by atoms with van der Waals surface area (Å²) >= 11 is 0. The van der Waals surface area contributed by atoms with E-state index in [9.17, 15) is 22.8 Å². The molecule has 0 unspecified atom stereocenters. The van der Waals surface area contributed by atoms with Crippen molar-refractivity contribution in [1.82, 2.24) is 25.1 Å². The van der Waals surface area contributed by atoms with Crippen LogP contribution in [-0.4, -0.2) is 77.4 Å². The number of aromatic nitrogens is 2. The smallest absolute Gasteiger partial charge is 0.360 e. The van der Waals surface area contributed by atoms with Gasteiger partial charge in [0.25, 0.3) is 0 Å². The molecular formula is C23H29F3N6O2. The maximum atomic E-state index is 13.1. The molecule has 1 saturated heterocycles. The van der Waals surface area contributed by atoms with Gasteiger partial charge in [-0.2, -0.15) is 13.2 Å². The largest absolute Gasteiger partial charge is 0.416 e. The van der Waals surface area contributed by atoms with Crippen molar-refractivity contribution in [2.45, 2.75) is 43.9 Å². The summed E-state index contributed by atoms with van der Waals surface area (Å²) in [6.45, 7) is 1.42. The zero-order valence-electron chi connectivity index (χ0n) is 19.2. The fourth-order valence-electron chi connectivity index (χ4n) is 4.77. The molecule has 4 rings (SSSR count). The highest BCUT2D eigenvalue weighted by Gasteiger charge is 2.36. The van der Waals surface area contributed by atoms with Crippen molar-refractivity contribution in [2.24, 2.45) is 5.92 Å². The number of nitrogens with zero attached hydrogens (tertiary/aromatic N) is 4. The summed E-state index contributed by atoms with van der Waals surface area (Å²) in [6, 6.07) is 3.72. The van der Waals surface area contributed by atoms with Crippen molar-refractivity contribution in [3.63, 3.8) is 0 Å². The number of halogens is 3. The van der Waals surface area contributed by atoms with Gasteiger partial charge >= 0.3 is 6.18 Å². The molecule has 184 valence electrons. The molecule has 11 heteroatoms. The maximum absolute atomic E-state index is 13.1. The van der Waals surface area contributed by atoms with Crippen LogP contribution in [0.5, 0.6) is 0 Å². The summed E-state index contributed by atoms with van der Waals surface area (Å²) < 4.78 is 39.2. The lowest BCUT2D eigenvalue weighted by atomic mass is 9.83. The van der Waals surface area contributed by atoms with E-state index in [0.717, 1.165) is 50.9 Å². The van der Waals surface area contributed by atoms with Crippen LogP contribution in [0.15, 0.2) is 24.5 Å². The quantitative estimate of drug-likeness (QED) is 0.663. The van der Waals surface area contributed by atoms with Crippen LogP contribution in [0.4, 0.5) is 19.0 Å². The summed E-state index contributed by atoms with van der Waals surface area (Å²) in [4.78, 5) is 36.5. The molecule has 1 aliphatic heterocycles. The molecule has 0 spiro atoms. The Kier molecular flexibility index (Phi) is 6.92. The molecule has 2 aliphatic rings. The van der Waals surface area contributed by atoms with Gasteiger partial charge in [0.15, 0.2) is 0 Å². The number of carbonyl (C=O) groups is 2. The van der Waals surface area contributed by atoms with Gasteiger partial charge in [-0.05, 0) is 43.9 Å². The van der Waals surface area contributed by atoms with Crippen LogP contribution in [0, 0.1) is 5.92 Å². The predicted octanol–water partition coefficient (Wildman–Crippen LogP) is 2.51. The van der Waals surface area contributed by atoms with Crippen molar-refractivity contribution in [3.8, 4) is 0 Å². The minimum Gasteiger partial charge on any atom is -0.360 e. The van der Waals surface area contributed by atoms with Crippen molar-refractivity contribution < 1.29 is 22.8 Å². The van der Waals surface area contributed by atoms with E-state index in [4.69, 9.17) is 0 Å². The number of rotatable bonds is 6. The Hall–Kier alpha value is -2.95. The lowest BCUT2D eigenvalue weighted by Gasteiger charge is -2.46. The van der Waals surface area contributed by atoms with Crippen molar-refractivity contribution in [3.05, 3.63) is 30.1 Å². The van der Waals surface area contributed by atoms with Crippen molar-refractivity contribution in [1.29, 1.82) is 0 Å². The van der Waals surface area contributed by atoms with Gasteiger partial charge in [0.1, 0.15) is 12.1 Å². The summed E-state index contributed by atoms with van der Waals surface area (Å²) in [5.74, 6) is 0.249. The molecular weight excluding hydrogens is 449 g/mol. The first kappa shape index (κ1) is 24.2. The van der Waals surface area contributed by atoms with Crippen LogP contribution < -0.4 is 10.6 Å². The Labute approximate surface area is 195 Å². The molecule has 34 heavy (non-hydrogen) atoms. The lowest BCUT2D eigenvalue weighted by molar-refractivity contribution is -0.137. The number of likely N-dealkylation sites (tertiary alicyclic amines) is 1. The first-order valence-electron chi connectivity index (χ1n) is 11.4. The third kappa shape index (κ3) is 5.40. The highest BCUT2D eigenvalue weighted by atomic mass is 19.4. The highest BCUT2D eigenvalue weighted by molar-refractivity contribution is 5.91. The lowest BCUT2D eigenvalue weighted by Crippen LogP contribution is -2.63. The molecule has 2 fully saturated rings. The minimum atomic E-state index is -4.48. The number of hydrogen-bond donors (Lipinski definition) is 2. The van der Waals surface area contributed by atoms with Gasteiger partial charge in [-0.3, -0.25) is 14.5 Å². The molecule has 0 atom stereocenters. The number of benzene rings is 1. The summed E-state index contributed by atoms with van der Waals surface area (Å²) in [5, 5.41) is 6.00. The van der Waals surface area contributed by atoms with Gasteiger partial charge < -0.3 is 15.5 Å². The molecule has 1 saturated carbocycles. The van der Waals surface area contributed by atoms with Crippen LogP contribution in [-0.2, 0) is 15.8 Å². The number of fused-ring (bicyclic) bond motifs is 1. The number of nitrogens with one attached hydrogen (secondary N) is 2. The predicted molar refractivity (Wildman–Crippen MR) is 121 cm³/mol. The Morgan fingerprint density at radius 2 is 1.82 bits per heavy atom. The van der Waals surface area contributed by atoms with Crippen LogP contribution in [0.25, 0.3) is 10.9 Å². The van der Waals surface area contributed by atoms with Crippen LogP contribution in [0.1, 0.15) is 31.2 Å². The topological polar surface area (TPSA) is 90.5 Å². The molecule has 1 aromatic heterocycles. The molecule has 1 aromatic carbocycles. The molecule has 8 nitrogen and oxygen atoms in total. The van der Waals surface area contributed by atoms with E-state index in [1.54, 1.807) is 19.0 Å². The third-order valence-corrected chi connectivity index (χ3v) is 6.66. The zero-order chi connectivity index (χ0) is 24.5. The minimum absolute atomic E-state index is 0.0365. The van der Waals surface area contributed by atoms with E-state index in [0.29, 0.717) is 11.6 Å². The van der Waals surface area contributed by atoms with Gasteiger partial charge in [-0.25, -0.2) is 9.97 Å². The monoisotopic (exact) mass is 478 g/mol. The average Bonchev–Trinajstić information content (AvgIpc) is 2.78. The van der Waals surface area contributed by atoms with E-state index in [2.05, 4.69) is 25.5 Å². The SMILES string of the molecule is CN(C)C(=O)[C@H]1CC[C@@H](N2CC(NC(=O)CNc3ncnc4ccc(C(F)(F)F)cc34)C2)CC1. The second-order valence-electron chi connectivity index (χ2n) is 9.26. The number of alkyl halides is 3. The van der Waals surface area contributed by atoms with Gasteiger partial charge in [-0.15, -0.1) is 0 Å². The first-order valence-corrected chi connectivity index (χ1v) is 11.4. The molecule has 2 N–H and O–H groups in total. The van der Waals surface area contributed by atoms with Gasteiger partial charge in [0.05, 0.1) is 23.7 Å². The highest BCUT2D eigenvalue weighted by Crippen LogP contribution is 2.33. The van der Waals surface area contributed by atoms with Gasteiger partial charge in [0, 0.05) is 44.5 Å². The first-order chi connectivity index (χ1) is 16.1. The van der Waals surface area contributed by atoms with E-state index < -0.39 is 11.7 Å². The number of amides is 2. The molecule has 2 aromatic rings. The number of hydrogen-bond acceptors (Lipinski definition) is 6. The fourth-order valence-corrected chi connectivity index (χ4v) is 4.77. The van der Waals surface area contributed by atoms with E-state index in [-0.39, 0.29) is 41.5 Å². The van der Waals surface area contributed by atoms with Crippen molar-refractivity contribution >= 4 is 28.5 Å². The summed E-state index contributed by atoms with van der Waals surface area (Å²) in [5.41, 5.74) is -0.431. The van der Waals surface area contributed by atoms with Crippen LogP contribution in [0.3, 0.4) is 0 Å². The normalized spacial score (nSPS) is 21.7. The second-order valence-corrected chi connectivity index (χ2v) is 9.26. The number of anilines is 1.